The highest BCUT2D eigenvalue weighted by Gasteiger charge is 2.58. The van der Waals surface area contributed by atoms with E-state index >= 15 is 44.7 Å². The number of hydrogen-bond donors (Lipinski definition) is 8. The Kier molecular flexibility index (Phi) is 26.5. The van der Waals surface area contributed by atoms with E-state index in [1.807, 2.05) is 5.32 Å². The van der Waals surface area contributed by atoms with Gasteiger partial charge < -0.3 is 59.5 Å². The van der Waals surface area contributed by atoms with E-state index in [9.17, 15) is 52.2 Å². The lowest BCUT2D eigenvalue weighted by atomic mass is 9.77. The number of nitrogens with one attached hydrogen (secondary N) is 5. The number of hydrazine groups is 1. The second-order valence-electron chi connectivity index (χ2n) is 29.0. The molecule has 604 valence electrons. The number of benzene rings is 3. The van der Waals surface area contributed by atoms with Gasteiger partial charge in [0.15, 0.2) is 0 Å². The second-order valence-corrected chi connectivity index (χ2v) is 30.2. The van der Waals surface area contributed by atoms with E-state index < -0.39 is 188 Å². The number of carbonyl (C=O) groups is 7. The molecule has 5 aromatic rings. The van der Waals surface area contributed by atoms with Crippen molar-refractivity contribution in [2.75, 3.05) is 58.6 Å². The summed E-state index contributed by atoms with van der Waals surface area (Å²) >= 11 is 0. The zero-order valence-electron chi connectivity index (χ0n) is 61.3. The molecule has 8 atom stereocenters. The number of ether oxygens (including phenoxy) is 5. The molecule has 6 heterocycles. The quantitative estimate of drug-likeness (QED) is 0.00564. The van der Waals surface area contributed by atoms with Crippen LogP contribution >= 0.6 is 7.82 Å². The molecule has 111 heavy (non-hydrogen) atoms. The van der Waals surface area contributed by atoms with E-state index in [4.69, 9.17) is 18.7 Å². The molecule has 0 radical (unpaired) electrons. The van der Waals surface area contributed by atoms with Gasteiger partial charge in [0.2, 0.25) is 17.8 Å². The van der Waals surface area contributed by atoms with Crippen molar-refractivity contribution in [3.05, 3.63) is 124 Å². The Labute approximate surface area is 629 Å². The number of aryl methyl sites for hydroxylation is 1. The summed E-state index contributed by atoms with van der Waals surface area (Å²) < 4.78 is 197. The van der Waals surface area contributed by atoms with Crippen molar-refractivity contribution in [1.29, 1.82) is 0 Å². The highest BCUT2D eigenvalue weighted by atomic mass is 31.2. The lowest BCUT2D eigenvalue weighted by Crippen LogP contribution is -2.64. The Morgan fingerprint density at radius 1 is 0.766 bits per heavy atom. The molecule has 0 saturated carbocycles. The number of fused-ring (bicyclic) bond motifs is 2. The van der Waals surface area contributed by atoms with Gasteiger partial charge in [-0.3, -0.25) is 44.1 Å². The highest BCUT2D eigenvalue weighted by molar-refractivity contribution is 7.46. The van der Waals surface area contributed by atoms with Crippen LogP contribution in [0.15, 0.2) is 73.2 Å². The third-order valence-corrected chi connectivity index (χ3v) is 20.2. The number of hydrogen-bond acceptors (Lipinski definition) is 20. The Morgan fingerprint density at radius 3 is 1.86 bits per heavy atom. The number of alkyl halides is 8. The van der Waals surface area contributed by atoms with Crippen LogP contribution in [-0.2, 0) is 77.0 Å². The van der Waals surface area contributed by atoms with Gasteiger partial charge in [0, 0.05) is 78.0 Å². The van der Waals surface area contributed by atoms with Gasteiger partial charge in [0.05, 0.1) is 87.6 Å². The number of aromatic nitrogens is 4. The number of carboxylic acids is 1. The van der Waals surface area contributed by atoms with E-state index in [2.05, 4.69) is 62.2 Å². The lowest BCUT2D eigenvalue weighted by Gasteiger charge is -2.47. The number of nitrogens with zero attached hydrogens (tertiary/aromatic N) is 7. The van der Waals surface area contributed by atoms with Gasteiger partial charge in [-0.05, 0) is 113 Å². The fourth-order valence-electron chi connectivity index (χ4n) is 13.6. The average Bonchev–Trinajstić information content (AvgIpc) is 1.72. The molecule has 4 saturated heterocycles. The Bertz CT molecular complexity index is 4330. The van der Waals surface area contributed by atoms with Gasteiger partial charge in [-0.25, -0.2) is 42.6 Å². The molecule has 0 aliphatic carbocycles. The zero-order chi connectivity index (χ0) is 81.6. The highest BCUT2D eigenvalue weighted by Crippen LogP contribution is 2.47. The largest absolute Gasteiger partial charge is 0.524 e. The van der Waals surface area contributed by atoms with Crippen LogP contribution in [-0.4, -0.2) is 201 Å². The number of alkyl carbamates (subject to hydrolysis) is 2. The maximum atomic E-state index is 16.9. The fourth-order valence-corrected chi connectivity index (χ4v) is 14.0. The Balaban J connectivity index is 1.16. The number of anilines is 1. The van der Waals surface area contributed by atoms with Crippen molar-refractivity contribution in [2.24, 2.45) is 16.7 Å². The number of phosphoric acid groups is 1. The molecular weight excluding hydrogens is 1510 g/mol. The number of amides is 5. The normalized spacial score (nSPS) is 18.9. The summed E-state index contributed by atoms with van der Waals surface area (Å²) in [6.07, 6.45) is -14.4. The van der Waals surface area contributed by atoms with Crippen molar-refractivity contribution in [3.63, 3.8) is 0 Å². The topological polar surface area (TPSA) is 366 Å². The summed E-state index contributed by atoms with van der Waals surface area (Å²) in [7, 11) is -4.12. The number of carbonyl (C=O) groups excluding carboxylic acids is 6. The maximum absolute atomic E-state index is 16.9. The molecule has 40 heteroatoms. The number of rotatable bonds is 29. The SMILES string of the molecule is COC(=O)N[C@H](C(=O)N[C@@H](Cc1ccc(C#Cc2cnc(N3CC4CCC(C3)N4C3COC3)nc2)cc1)[C@H](CN(Cc1c(F)cc(-c2ccn(C(F)F)n2)cc1F)NC(=O)[C@@H](NC(=O)OC)C(C)(C)C(F)(F)F)OC(=O)CC(C)(C)c1c(CC(=O)N[C@H]2OCC[C@@H]2C(=O)O)cc(C)cc1OP(=O)(O)O)C(C)(C)C(F)(F)F. The van der Waals surface area contributed by atoms with Crippen LogP contribution in [0.3, 0.4) is 0 Å². The van der Waals surface area contributed by atoms with Crippen molar-refractivity contribution < 1.29 is 125 Å². The molecule has 3 aromatic carbocycles. The van der Waals surface area contributed by atoms with E-state index in [-0.39, 0.29) is 40.0 Å². The summed E-state index contributed by atoms with van der Waals surface area (Å²) in [5, 5.41) is 22.3. The monoisotopic (exact) mass is 1600 g/mol. The smallest absolute Gasteiger partial charge is 0.481 e. The molecule has 4 aliphatic rings. The minimum Gasteiger partial charge on any atom is -0.481 e. The number of esters is 1. The summed E-state index contributed by atoms with van der Waals surface area (Å²) in [6.45, 7) is 2.64. The predicted octanol–water partition coefficient (Wildman–Crippen LogP) is 7.82. The Hall–Kier alpha value is -9.71. The number of phosphoric ester groups is 1. The van der Waals surface area contributed by atoms with Crippen molar-refractivity contribution >= 4 is 55.6 Å². The summed E-state index contributed by atoms with van der Waals surface area (Å²) in [6, 6.07) is 3.64. The minimum atomic E-state index is -5.60. The predicted molar refractivity (Wildman–Crippen MR) is 370 cm³/mol. The first-order valence-electron chi connectivity index (χ1n) is 34.6. The summed E-state index contributed by atoms with van der Waals surface area (Å²) in [5.41, 5.74) is -7.91. The molecule has 9 rings (SSSR count). The molecule has 2 bridgehead atoms. The zero-order valence-corrected chi connectivity index (χ0v) is 62.2. The van der Waals surface area contributed by atoms with Gasteiger partial charge >= 0.3 is 50.8 Å². The van der Waals surface area contributed by atoms with Gasteiger partial charge in [0.1, 0.15) is 47.7 Å². The third-order valence-electron chi connectivity index (χ3n) is 19.8. The van der Waals surface area contributed by atoms with E-state index in [1.165, 1.54) is 63.5 Å². The first-order chi connectivity index (χ1) is 51.9. The summed E-state index contributed by atoms with van der Waals surface area (Å²) in [4.78, 5) is 132. The molecule has 4 aliphatic heterocycles. The minimum absolute atomic E-state index is 0.00628. The van der Waals surface area contributed by atoms with Crippen molar-refractivity contribution in [3.8, 4) is 28.8 Å². The summed E-state index contributed by atoms with van der Waals surface area (Å²) in [5.74, 6) is -5.88. The third kappa shape index (κ3) is 20.9. The average molecular weight is 1600 g/mol. The number of piperazine rings is 1. The standard InChI is InChI=1S/C71H83F10N12O17P/c1-37-22-42(27-54(94)85-61-46(62(98)99)19-21-108-61)56(52(23-37)110-111(102,103)104)67(2,3)28-55(95)109-53(34-91(89-60(97)58(87-66(101)106-9)69(6,7)71(79,80)81)33-47-48(72)25-41(26-49(47)73)50-18-20-92(88-50)63(74)75)51(84-59(96)57(86-65(100)105-8)68(4,5)70(76,77)78)24-39-13-10-38(11-14-39)12-15-40-29-82-64(83-30-40)90-31-43-16-17-44(32-90)93(43)45-35-107-36-45/h10-11,13-14,18,20,22-23,25-26,29-30,43-46,51,53,57-58,61,63H,16-17,19,21,24,27-28,31-36H2,1-9H3,(H,84,96)(H,85,94)(H,86,100)(H,87,101)(H,89,97)(H,98,99)(H2,102,103,104)/t43?,44?,46-,51-,53-,57+,58+,61-/m0/s1. The number of aliphatic carboxylic acids is 1. The Morgan fingerprint density at radius 2 is 1.34 bits per heavy atom. The van der Waals surface area contributed by atoms with Gasteiger partial charge in [-0.2, -0.15) is 40.2 Å². The number of methoxy groups -OCH3 is 2. The van der Waals surface area contributed by atoms with Crippen molar-refractivity contribution in [2.45, 2.75) is 166 Å². The molecule has 5 amide bonds. The first kappa shape index (κ1) is 85.3. The number of carboxylic acid groups (broad SMARTS) is 1. The van der Waals surface area contributed by atoms with E-state index in [0.717, 1.165) is 45.4 Å². The van der Waals surface area contributed by atoms with Gasteiger partial charge in [0.25, 0.3) is 5.91 Å². The molecule has 2 aromatic heterocycles. The van der Waals surface area contributed by atoms with Crippen molar-refractivity contribution in [1.82, 2.24) is 56.4 Å². The molecule has 2 unspecified atom stereocenters. The molecule has 8 N–H and O–H groups in total. The van der Waals surface area contributed by atoms with Gasteiger partial charge in [-0.1, -0.05) is 43.9 Å². The van der Waals surface area contributed by atoms with Crippen LogP contribution in [0, 0.1) is 47.1 Å². The molecule has 29 nitrogen and oxygen atoms in total. The van der Waals surface area contributed by atoms with Crippen LogP contribution in [0.2, 0.25) is 0 Å². The van der Waals surface area contributed by atoms with Crippen LogP contribution in [0.1, 0.15) is 113 Å². The molecule has 0 spiro atoms. The fraction of sp³-hybridized carbons (Fsp3) is 0.521. The lowest BCUT2D eigenvalue weighted by molar-refractivity contribution is -0.221. The second kappa shape index (κ2) is 34.5. The van der Waals surface area contributed by atoms with E-state index in [1.54, 1.807) is 5.32 Å². The van der Waals surface area contributed by atoms with Crippen LogP contribution < -0.4 is 36.1 Å². The van der Waals surface area contributed by atoms with E-state index in [0.29, 0.717) is 106 Å². The maximum Gasteiger partial charge on any atom is 0.524 e. The molecule has 4 fully saturated rings. The van der Waals surface area contributed by atoms with Crippen LogP contribution in [0.25, 0.3) is 11.3 Å². The van der Waals surface area contributed by atoms with Gasteiger partial charge in [-0.15, -0.1) is 0 Å². The first-order valence-corrected chi connectivity index (χ1v) is 36.1. The number of halogens is 10. The molecular formula is C71H83F10N12O17P. The van der Waals surface area contributed by atoms with Crippen LogP contribution in [0.4, 0.5) is 59.4 Å². The van der Waals surface area contributed by atoms with Crippen LogP contribution in [0.5, 0.6) is 5.75 Å².